The predicted molar refractivity (Wildman–Crippen MR) is 113 cm³/mol. The Bertz CT molecular complexity index is 1050. The summed E-state index contributed by atoms with van der Waals surface area (Å²) in [5.74, 6) is 1.08. The Labute approximate surface area is 170 Å². The zero-order chi connectivity index (χ0) is 20.5. The molecule has 152 valence electrons. The SMILES string of the molecule is Cc1cc(COc2ccc3c(c2)cc2n3CC[C@@H]2CC(=O)O)ccc1OC(C)C. The molecule has 0 radical (unpaired) electrons. The van der Waals surface area contributed by atoms with Crippen LogP contribution >= 0.6 is 0 Å². The van der Waals surface area contributed by atoms with E-state index in [1.54, 1.807) is 0 Å². The molecule has 4 rings (SSSR count). The first-order valence-electron chi connectivity index (χ1n) is 10.1. The van der Waals surface area contributed by atoms with E-state index in [-0.39, 0.29) is 18.4 Å². The topological polar surface area (TPSA) is 60.7 Å². The normalized spacial score (nSPS) is 15.7. The fourth-order valence-electron chi connectivity index (χ4n) is 4.15. The molecule has 1 atom stereocenters. The van der Waals surface area contributed by atoms with Gasteiger partial charge in [0.15, 0.2) is 0 Å². The van der Waals surface area contributed by atoms with E-state index in [2.05, 4.69) is 22.8 Å². The van der Waals surface area contributed by atoms with Gasteiger partial charge in [0.05, 0.1) is 12.5 Å². The van der Waals surface area contributed by atoms with E-state index in [0.717, 1.165) is 52.2 Å². The maximum Gasteiger partial charge on any atom is 0.304 e. The van der Waals surface area contributed by atoms with Crippen LogP contribution in [0.3, 0.4) is 0 Å². The third-order valence-electron chi connectivity index (χ3n) is 5.45. The third kappa shape index (κ3) is 4.09. The van der Waals surface area contributed by atoms with Crippen LogP contribution in [-0.2, 0) is 17.9 Å². The molecule has 3 aromatic rings. The van der Waals surface area contributed by atoms with E-state index in [4.69, 9.17) is 14.6 Å². The van der Waals surface area contributed by atoms with Crippen LogP contribution in [0.25, 0.3) is 10.9 Å². The number of aliphatic carboxylic acids is 1. The van der Waals surface area contributed by atoms with Gasteiger partial charge in [-0.25, -0.2) is 0 Å². The van der Waals surface area contributed by atoms with Crippen LogP contribution in [0.5, 0.6) is 11.5 Å². The van der Waals surface area contributed by atoms with E-state index in [9.17, 15) is 4.79 Å². The summed E-state index contributed by atoms with van der Waals surface area (Å²) in [5, 5.41) is 10.2. The summed E-state index contributed by atoms with van der Waals surface area (Å²) >= 11 is 0. The molecule has 0 spiro atoms. The molecule has 2 heterocycles. The number of carboxylic acids is 1. The van der Waals surface area contributed by atoms with Gasteiger partial charge in [-0.2, -0.15) is 0 Å². The van der Waals surface area contributed by atoms with Crippen molar-refractivity contribution in [2.75, 3.05) is 0 Å². The first kappa shape index (κ1) is 19.4. The van der Waals surface area contributed by atoms with Crippen LogP contribution in [0.15, 0.2) is 42.5 Å². The highest BCUT2D eigenvalue weighted by Gasteiger charge is 2.26. The fourth-order valence-corrected chi connectivity index (χ4v) is 4.15. The van der Waals surface area contributed by atoms with Crippen molar-refractivity contribution in [3.05, 3.63) is 59.3 Å². The Balaban J connectivity index is 1.48. The van der Waals surface area contributed by atoms with Crippen LogP contribution in [0.1, 0.15) is 49.4 Å². The van der Waals surface area contributed by atoms with E-state index in [1.807, 2.05) is 45.0 Å². The lowest BCUT2D eigenvalue weighted by molar-refractivity contribution is -0.137. The maximum atomic E-state index is 11.1. The minimum atomic E-state index is -0.738. The molecule has 0 unspecified atom stereocenters. The van der Waals surface area contributed by atoms with Gasteiger partial charge in [0.25, 0.3) is 0 Å². The number of benzene rings is 2. The Hall–Kier alpha value is -2.95. The highest BCUT2D eigenvalue weighted by atomic mass is 16.5. The van der Waals surface area contributed by atoms with Crippen molar-refractivity contribution in [3.63, 3.8) is 0 Å². The third-order valence-corrected chi connectivity index (χ3v) is 5.45. The number of ether oxygens (including phenoxy) is 2. The average molecular weight is 393 g/mol. The quantitative estimate of drug-likeness (QED) is 0.593. The van der Waals surface area contributed by atoms with Crippen LogP contribution in [0.2, 0.25) is 0 Å². The molecule has 0 amide bonds. The largest absolute Gasteiger partial charge is 0.491 e. The van der Waals surface area contributed by atoms with E-state index in [1.165, 1.54) is 0 Å². The number of rotatable bonds is 7. The Morgan fingerprint density at radius 3 is 2.76 bits per heavy atom. The lowest BCUT2D eigenvalue weighted by Crippen LogP contribution is -2.07. The number of fused-ring (bicyclic) bond motifs is 3. The number of nitrogens with zero attached hydrogens (tertiary/aromatic N) is 1. The average Bonchev–Trinajstić information content (AvgIpc) is 3.20. The lowest BCUT2D eigenvalue weighted by Gasteiger charge is -2.14. The summed E-state index contributed by atoms with van der Waals surface area (Å²) in [6.07, 6.45) is 1.24. The summed E-state index contributed by atoms with van der Waals surface area (Å²) in [6.45, 7) is 7.45. The smallest absolute Gasteiger partial charge is 0.304 e. The lowest BCUT2D eigenvalue weighted by atomic mass is 10.0. The van der Waals surface area contributed by atoms with Crippen molar-refractivity contribution < 1.29 is 19.4 Å². The second-order valence-electron chi connectivity index (χ2n) is 8.08. The van der Waals surface area contributed by atoms with Gasteiger partial charge in [-0.05, 0) is 74.7 Å². The fraction of sp³-hybridized carbons (Fsp3) is 0.375. The number of aromatic nitrogens is 1. The monoisotopic (exact) mass is 393 g/mol. The number of aryl methyl sites for hydroxylation is 2. The summed E-state index contributed by atoms with van der Waals surface area (Å²) in [6, 6.07) is 14.3. The van der Waals surface area contributed by atoms with Gasteiger partial charge in [-0.3, -0.25) is 4.79 Å². The molecule has 1 aromatic heterocycles. The van der Waals surface area contributed by atoms with Crippen molar-refractivity contribution >= 4 is 16.9 Å². The van der Waals surface area contributed by atoms with Gasteiger partial charge in [0, 0.05) is 29.1 Å². The molecule has 0 saturated carbocycles. The molecule has 0 fully saturated rings. The zero-order valence-corrected chi connectivity index (χ0v) is 17.1. The summed E-state index contributed by atoms with van der Waals surface area (Å²) < 4.78 is 14.1. The van der Waals surface area contributed by atoms with Gasteiger partial charge in [-0.1, -0.05) is 6.07 Å². The van der Waals surface area contributed by atoms with Crippen molar-refractivity contribution in [1.82, 2.24) is 4.57 Å². The Morgan fingerprint density at radius 2 is 2.03 bits per heavy atom. The first-order chi connectivity index (χ1) is 13.9. The summed E-state index contributed by atoms with van der Waals surface area (Å²) in [5.41, 5.74) is 4.46. The van der Waals surface area contributed by atoms with E-state index < -0.39 is 5.97 Å². The van der Waals surface area contributed by atoms with Gasteiger partial charge in [0.2, 0.25) is 0 Å². The predicted octanol–water partition coefficient (Wildman–Crippen LogP) is 5.28. The maximum absolute atomic E-state index is 11.1. The number of hydrogen-bond donors (Lipinski definition) is 1. The van der Waals surface area contributed by atoms with E-state index in [0.29, 0.717) is 6.61 Å². The molecule has 0 saturated heterocycles. The molecule has 1 N–H and O–H groups in total. The highest BCUT2D eigenvalue weighted by molar-refractivity contribution is 5.83. The van der Waals surface area contributed by atoms with Crippen LogP contribution in [0.4, 0.5) is 0 Å². The second-order valence-corrected chi connectivity index (χ2v) is 8.08. The first-order valence-corrected chi connectivity index (χ1v) is 10.1. The molecular formula is C24H27NO4. The zero-order valence-electron chi connectivity index (χ0n) is 17.1. The summed E-state index contributed by atoms with van der Waals surface area (Å²) in [7, 11) is 0. The second kappa shape index (κ2) is 7.82. The van der Waals surface area contributed by atoms with Crippen molar-refractivity contribution in [2.24, 2.45) is 0 Å². The molecular weight excluding hydrogens is 366 g/mol. The van der Waals surface area contributed by atoms with Gasteiger partial charge in [0.1, 0.15) is 18.1 Å². The number of carboxylic acid groups (broad SMARTS) is 1. The van der Waals surface area contributed by atoms with Crippen LogP contribution in [0, 0.1) is 6.92 Å². The van der Waals surface area contributed by atoms with Gasteiger partial charge in [-0.15, -0.1) is 0 Å². The molecule has 5 nitrogen and oxygen atoms in total. The van der Waals surface area contributed by atoms with Crippen LogP contribution in [-0.4, -0.2) is 21.7 Å². The Kier molecular flexibility index (Phi) is 5.22. The standard InChI is InChI=1S/C24H27NO4/c1-15(2)29-23-7-4-17(10-16(23)3)14-28-20-5-6-21-19(11-20)12-22-18(13-24(26)27)8-9-25(21)22/h4-7,10-12,15,18H,8-9,13-14H2,1-3H3,(H,26,27)/t18-/m1/s1. The number of hydrogen-bond acceptors (Lipinski definition) is 3. The molecule has 0 bridgehead atoms. The van der Waals surface area contributed by atoms with Crippen molar-refractivity contribution in [1.29, 1.82) is 0 Å². The van der Waals surface area contributed by atoms with Gasteiger partial charge >= 0.3 is 5.97 Å². The molecule has 2 aromatic carbocycles. The minimum absolute atomic E-state index is 0.0961. The van der Waals surface area contributed by atoms with Crippen molar-refractivity contribution in [2.45, 2.75) is 58.8 Å². The molecule has 0 aliphatic carbocycles. The summed E-state index contributed by atoms with van der Waals surface area (Å²) in [4.78, 5) is 11.1. The molecule has 5 heteroatoms. The highest BCUT2D eigenvalue weighted by Crippen LogP contribution is 2.37. The Morgan fingerprint density at radius 1 is 1.21 bits per heavy atom. The molecule has 29 heavy (non-hydrogen) atoms. The van der Waals surface area contributed by atoms with Crippen molar-refractivity contribution in [3.8, 4) is 11.5 Å². The number of carbonyl (C=O) groups is 1. The molecule has 1 aliphatic rings. The van der Waals surface area contributed by atoms with E-state index >= 15 is 0 Å². The van der Waals surface area contributed by atoms with Gasteiger partial charge < -0.3 is 19.1 Å². The van der Waals surface area contributed by atoms with Crippen LogP contribution < -0.4 is 9.47 Å². The molecule has 1 aliphatic heterocycles. The minimum Gasteiger partial charge on any atom is -0.491 e.